The van der Waals surface area contributed by atoms with Gasteiger partial charge in [-0.3, -0.25) is 4.79 Å². The number of piperazine rings is 1. The average molecular weight is 494 g/mol. The molecule has 2 heterocycles. The van der Waals surface area contributed by atoms with Crippen molar-refractivity contribution in [3.05, 3.63) is 83.6 Å². The summed E-state index contributed by atoms with van der Waals surface area (Å²) < 4.78 is 38.8. The third-order valence-corrected chi connectivity index (χ3v) is 5.60. The molecule has 0 radical (unpaired) electrons. The van der Waals surface area contributed by atoms with Gasteiger partial charge in [0, 0.05) is 49.3 Å². The van der Waals surface area contributed by atoms with Crippen LogP contribution in [-0.4, -0.2) is 48.0 Å². The molecule has 184 valence electrons. The fourth-order valence-corrected chi connectivity index (χ4v) is 3.77. The molecule has 1 aromatic heterocycles. The van der Waals surface area contributed by atoms with Crippen LogP contribution in [0.4, 0.5) is 35.2 Å². The highest BCUT2D eigenvalue weighted by atomic mass is 19.4. The first-order valence-corrected chi connectivity index (χ1v) is 11.0. The molecule has 2 N–H and O–H groups in total. The average Bonchev–Trinajstić information content (AvgIpc) is 2.88. The number of nitrogens with zero attached hydrogens (tertiary/aromatic N) is 4. The van der Waals surface area contributed by atoms with Gasteiger partial charge in [0.1, 0.15) is 11.9 Å². The number of nitriles is 1. The van der Waals surface area contributed by atoms with Gasteiger partial charge in [0.15, 0.2) is 0 Å². The van der Waals surface area contributed by atoms with Crippen molar-refractivity contribution in [1.82, 2.24) is 9.88 Å². The minimum absolute atomic E-state index is 0.135. The number of aromatic nitrogens is 1. The lowest BCUT2D eigenvalue weighted by molar-refractivity contribution is -0.137. The second-order valence-corrected chi connectivity index (χ2v) is 8.00. The Kier molecular flexibility index (Phi) is 7.05. The number of alkyl halides is 3. The van der Waals surface area contributed by atoms with Gasteiger partial charge in [0.05, 0.1) is 11.1 Å². The molecule has 0 unspecified atom stereocenters. The maximum absolute atomic E-state index is 12.9. The van der Waals surface area contributed by atoms with Crippen LogP contribution in [0.5, 0.6) is 0 Å². The van der Waals surface area contributed by atoms with Gasteiger partial charge in [-0.05, 0) is 48.5 Å². The molecular formula is C25H21F3N6O2. The molecular weight excluding hydrogens is 473 g/mol. The van der Waals surface area contributed by atoms with Crippen LogP contribution in [0.25, 0.3) is 0 Å². The lowest BCUT2D eigenvalue weighted by atomic mass is 10.1. The summed E-state index contributed by atoms with van der Waals surface area (Å²) in [4.78, 5) is 33.1. The zero-order valence-corrected chi connectivity index (χ0v) is 18.9. The van der Waals surface area contributed by atoms with E-state index in [4.69, 9.17) is 0 Å². The summed E-state index contributed by atoms with van der Waals surface area (Å²) in [7, 11) is 0. The number of rotatable bonds is 4. The van der Waals surface area contributed by atoms with Gasteiger partial charge in [0.25, 0.3) is 5.91 Å². The fourth-order valence-electron chi connectivity index (χ4n) is 3.77. The lowest BCUT2D eigenvalue weighted by Gasteiger charge is -2.35. The quantitative estimate of drug-likeness (QED) is 0.553. The highest BCUT2D eigenvalue weighted by Gasteiger charge is 2.31. The summed E-state index contributed by atoms with van der Waals surface area (Å²) in [6, 6.07) is 15.7. The molecule has 11 heteroatoms. The predicted molar refractivity (Wildman–Crippen MR) is 128 cm³/mol. The van der Waals surface area contributed by atoms with Gasteiger partial charge >= 0.3 is 12.2 Å². The molecule has 0 atom stereocenters. The van der Waals surface area contributed by atoms with E-state index in [-0.39, 0.29) is 11.6 Å². The summed E-state index contributed by atoms with van der Waals surface area (Å²) in [6.07, 6.45) is -2.93. The molecule has 0 saturated carbocycles. The smallest absolute Gasteiger partial charge is 0.352 e. The molecule has 1 fully saturated rings. The first-order chi connectivity index (χ1) is 17.2. The molecule has 8 nitrogen and oxygen atoms in total. The molecule has 36 heavy (non-hydrogen) atoms. The SMILES string of the molecule is N#Cc1cccnc1N1CCN(C(=O)Nc2cccc(NC(=O)c3cccc(C(F)(F)F)c3)c2)CC1. The van der Waals surface area contributed by atoms with Crippen LogP contribution in [0.2, 0.25) is 0 Å². The third kappa shape index (κ3) is 5.72. The first-order valence-electron chi connectivity index (χ1n) is 11.0. The molecule has 1 aliphatic rings. The van der Waals surface area contributed by atoms with E-state index in [2.05, 4.69) is 21.7 Å². The van der Waals surface area contributed by atoms with Crippen molar-refractivity contribution in [1.29, 1.82) is 5.26 Å². The number of halogens is 3. The molecule has 1 saturated heterocycles. The molecule has 3 aromatic rings. The molecule has 2 aromatic carbocycles. The number of urea groups is 1. The Hall–Kier alpha value is -4.59. The van der Waals surface area contributed by atoms with Crippen LogP contribution in [0.1, 0.15) is 21.5 Å². The summed E-state index contributed by atoms with van der Waals surface area (Å²) in [5, 5.41) is 14.6. The second-order valence-electron chi connectivity index (χ2n) is 8.00. The van der Waals surface area contributed by atoms with Gasteiger partial charge in [-0.15, -0.1) is 0 Å². The van der Waals surface area contributed by atoms with Crippen LogP contribution in [-0.2, 0) is 6.18 Å². The van der Waals surface area contributed by atoms with Crippen molar-refractivity contribution < 1.29 is 22.8 Å². The number of carbonyl (C=O) groups is 2. The Morgan fingerprint density at radius 3 is 2.31 bits per heavy atom. The van der Waals surface area contributed by atoms with Gasteiger partial charge < -0.3 is 20.4 Å². The monoisotopic (exact) mass is 494 g/mol. The van der Waals surface area contributed by atoms with E-state index in [1.807, 2.05) is 4.90 Å². The maximum atomic E-state index is 12.9. The topological polar surface area (TPSA) is 101 Å². The van der Waals surface area contributed by atoms with Crippen LogP contribution < -0.4 is 15.5 Å². The Labute approximate surface area is 205 Å². The summed E-state index contributed by atoms with van der Waals surface area (Å²) >= 11 is 0. The van der Waals surface area contributed by atoms with E-state index in [1.54, 1.807) is 41.4 Å². The van der Waals surface area contributed by atoms with Crippen LogP contribution in [0.3, 0.4) is 0 Å². The first kappa shape index (κ1) is 24.5. The largest absolute Gasteiger partial charge is 0.416 e. The Bertz CT molecular complexity index is 1310. The number of benzene rings is 2. The number of nitrogens with one attached hydrogen (secondary N) is 2. The van der Waals surface area contributed by atoms with E-state index in [0.29, 0.717) is 48.9 Å². The van der Waals surface area contributed by atoms with E-state index in [9.17, 15) is 28.0 Å². The molecule has 3 amide bonds. The number of pyridine rings is 1. The van der Waals surface area contributed by atoms with Gasteiger partial charge in [-0.2, -0.15) is 18.4 Å². The van der Waals surface area contributed by atoms with Crippen molar-refractivity contribution in [2.45, 2.75) is 6.18 Å². The third-order valence-electron chi connectivity index (χ3n) is 5.60. The van der Waals surface area contributed by atoms with Crippen molar-refractivity contribution in [2.24, 2.45) is 0 Å². The van der Waals surface area contributed by atoms with Crippen LogP contribution in [0, 0.1) is 11.3 Å². The zero-order chi connectivity index (χ0) is 25.7. The van der Waals surface area contributed by atoms with Crippen molar-refractivity contribution in [3.8, 4) is 6.07 Å². The Morgan fingerprint density at radius 1 is 0.917 bits per heavy atom. The molecule has 0 spiro atoms. The Balaban J connectivity index is 1.36. The minimum Gasteiger partial charge on any atom is -0.352 e. The van der Waals surface area contributed by atoms with Crippen molar-refractivity contribution in [3.63, 3.8) is 0 Å². The van der Waals surface area contributed by atoms with Crippen LogP contribution >= 0.6 is 0 Å². The Morgan fingerprint density at radius 2 is 1.61 bits per heavy atom. The number of hydrogen-bond donors (Lipinski definition) is 2. The van der Waals surface area contributed by atoms with Gasteiger partial charge in [0.2, 0.25) is 0 Å². The number of anilines is 3. The second kappa shape index (κ2) is 10.4. The van der Waals surface area contributed by atoms with Gasteiger partial charge in [-0.25, -0.2) is 9.78 Å². The lowest BCUT2D eigenvalue weighted by Crippen LogP contribution is -2.50. The fraction of sp³-hybridized carbons (Fsp3) is 0.200. The highest BCUT2D eigenvalue weighted by molar-refractivity contribution is 6.04. The standard InChI is InChI=1S/C25H21F3N6O2/c26-25(27,28)19-6-1-4-17(14-19)23(35)31-20-7-2-8-21(15-20)32-24(36)34-12-10-33(11-13-34)22-18(16-29)5-3-9-30-22/h1-9,14-15H,10-13H2,(H,31,35)(H,32,36). The van der Waals surface area contributed by atoms with E-state index in [1.165, 1.54) is 18.2 Å². The van der Waals surface area contributed by atoms with E-state index < -0.39 is 17.6 Å². The zero-order valence-electron chi connectivity index (χ0n) is 18.9. The van der Waals surface area contributed by atoms with Crippen molar-refractivity contribution in [2.75, 3.05) is 41.7 Å². The van der Waals surface area contributed by atoms with Crippen molar-refractivity contribution >= 4 is 29.1 Å². The predicted octanol–water partition coefficient (Wildman–Crippen LogP) is 4.58. The minimum atomic E-state index is -4.55. The highest BCUT2D eigenvalue weighted by Crippen LogP contribution is 2.29. The molecule has 0 bridgehead atoms. The number of amides is 3. The van der Waals surface area contributed by atoms with E-state index >= 15 is 0 Å². The number of hydrogen-bond acceptors (Lipinski definition) is 5. The maximum Gasteiger partial charge on any atom is 0.416 e. The van der Waals surface area contributed by atoms with Crippen LogP contribution in [0.15, 0.2) is 66.9 Å². The van der Waals surface area contributed by atoms with Gasteiger partial charge in [-0.1, -0.05) is 12.1 Å². The summed E-state index contributed by atoms with van der Waals surface area (Å²) in [6.45, 7) is 1.84. The molecule has 1 aliphatic heterocycles. The number of carbonyl (C=O) groups excluding carboxylic acids is 2. The molecule has 0 aliphatic carbocycles. The normalized spacial score (nSPS) is 13.6. The summed E-state index contributed by atoms with van der Waals surface area (Å²) in [5.74, 6) is -0.115. The summed E-state index contributed by atoms with van der Waals surface area (Å²) in [5.41, 5.74) is 0.159. The molecule has 4 rings (SSSR count). The van der Waals surface area contributed by atoms with E-state index in [0.717, 1.165) is 12.1 Å².